The number of rotatable bonds is 6. The van der Waals surface area contributed by atoms with Crippen LogP contribution in [0.1, 0.15) is 12.8 Å². The molecule has 0 aliphatic carbocycles. The summed E-state index contributed by atoms with van der Waals surface area (Å²) in [6, 6.07) is 0. The zero-order chi connectivity index (χ0) is 8.53. The third-order valence-electron chi connectivity index (χ3n) is 1.41. The fraction of sp³-hybridized carbons (Fsp3) is 0.400. The van der Waals surface area contributed by atoms with Crippen molar-refractivity contribution < 1.29 is 4.74 Å². The lowest BCUT2D eigenvalue weighted by molar-refractivity contribution is 0.195. The van der Waals surface area contributed by atoms with Gasteiger partial charge in [-0.25, -0.2) is 0 Å². The predicted octanol–water partition coefficient (Wildman–Crippen LogP) is 2.71. The number of hydrogen-bond acceptors (Lipinski definition) is 1. The van der Waals surface area contributed by atoms with E-state index in [9.17, 15) is 0 Å². The topological polar surface area (TPSA) is 9.23 Å². The van der Waals surface area contributed by atoms with Gasteiger partial charge in [-0.15, -0.1) is 0 Å². The molecule has 62 valence electrons. The van der Waals surface area contributed by atoms with E-state index < -0.39 is 0 Å². The van der Waals surface area contributed by atoms with E-state index in [0.717, 1.165) is 19.4 Å². The maximum atomic E-state index is 4.93. The van der Waals surface area contributed by atoms with Gasteiger partial charge in [-0.3, -0.25) is 0 Å². The number of methoxy groups -OCH3 is 1. The summed E-state index contributed by atoms with van der Waals surface area (Å²) >= 11 is 0. The molecule has 0 saturated heterocycles. The third-order valence-corrected chi connectivity index (χ3v) is 1.41. The maximum Gasteiger partial charge on any atom is 0.0465 e. The molecule has 0 fully saturated rings. The molecule has 0 bridgehead atoms. The molecule has 1 heteroatoms. The molecule has 0 aromatic rings. The third kappa shape index (κ3) is 5.62. The van der Waals surface area contributed by atoms with Crippen LogP contribution in [0.2, 0.25) is 0 Å². The van der Waals surface area contributed by atoms with Crippen molar-refractivity contribution in [2.24, 2.45) is 0 Å². The van der Waals surface area contributed by atoms with Crippen molar-refractivity contribution in [3.63, 3.8) is 0 Å². The van der Waals surface area contributed by atoms with Gasteiger partial charge in [0.2, 0.25) is 0 Å². The largest absolute Gasteiger partial charge is 0.385 e. The standard InChI is InChI=1S/C10H16O/c1-4-7-10(5-2)8-6-9-11-3/h4-5,7H,1-2,6,8-9H2,3H3. The van der Waals surface area contributed by atoms with Crippen molar-refractivity contribution in [3.05, 3.63) is 37.0 Å². The van der Waals surface area contributed by atoms with E-state index in [-0.39, 0.29) is 0 Å². The summed E-state index contributed by atoms with van der Waals surface area (Å²) in [5.74, 6) is 0. The van der Waals surface area contributed by atoms with Gasteiger partial charge in [0.1, 0.15) is 0 Å². The van der Waals surface area contributed by atoms with Gasteiger partial charge in [0.05, 0.1) is 0 Å². The van der Waals surface area contributed by atoms with Gasteiger partial charge in [0.25, 0.3) is 0 Å². The van der Waals surface area contributed by atoms with Crippen LogP contribution in [0.15, 0.2) is 37.0 Å². The maximum absolute atomic E-state index is 4.93. The molecule has 0 unspecified atom stereocenters. The second kappa shape index (κ2) is 7.29. The molecule has 0 amide bonds. The molecule has 0 spiro atoms. The molecular weight excluding hydrogens is 136 g/mol. The molecule has 0 aromatic heterocycles. The van der Waals surface area contributed by atoms with Crippen LogP contribution < -0.4 is 0 Å². The summed E-state index contributed by atoms with van der Waals surface area (Å²) in [4.78, 5) is 0. The summed E-state index contributed by atoms with van der Waals surface area (Å²) in [5.41, 5.74) is 1.22. The molecule has 0 radical (unpaired) electrons. The van der Waals surface area contributed by atoms with Crippen molar-refractivity contribution in [1.29, 1.82) is 0 Å². The van der Waals surface area contributed by atoms with Crippen molar-refractivity contribution in [2.75, 3.05) is 13.7 Å². The Hall–Kier alpha value is -0.820. The van der Waals surface area contributed by atoms with Crippen LogP contribution >= 0.6 is 0 Å². The molecular formula is C10H16O. The van der Waals surface area contributed by atoms with Crippen LogP contribution in [-0.4, -0.2) is 13.7 Å². The fourth-order valence-electron chi connectivity index (χ4n) is 0.825. The van der Waals surface area contributed by atoms with Crippen LogP contribution in [0.3, 0.4) is 0 Å². The summed E-state index contributed by atoms with van der Waals surface area (Å²) in [5, 5.41) is 0. The van der Waals surface area contributed by atoms with E-state index in [1.807, 2.05) is 12.2 Å². The van der Waals surface area contributed by atoms with Gasteiger partial charge in [0.15, 0.2) is 0 Å². The van der Waals surface area contributed by atoms with E-state index in [0.29, 0.717) is 0 Å². The Bertz CT molecular complexity index is 145. The first-order valence-corrected chi connectivity index (χ1v) is 3.78. The van der Waals surface area contributed by atoms with Gasteiger partial charge < -0.3 is 4.74 Å². The van der Waals surface area contributed by atoms with Crippen LogP contribution in [0, 0.1) is 0 Å². The van der Waals surface area contributed by atoms with Crippen molar-refractivity contribution in [1.82, 2.24) is 0 Å². The minimum absolute atomic E-state index is 0.808. The molecule has 0 aliphatic heterocycles. The Morgan fingerprint density at radius 3 is 2.64 bits per heavy atom. The van der Waals surface area contributed by atoms with Crippen LogP contribution in [0.5, 0.6) is 0 Å². The first kappa shape index (κ1) is 10.2. The van der Waals surface area contributed by atoms with Gasteiger partial charge in [-0.05, 0) is 18.4 Å². The fourth-order valence-corrected chi connectivity index (χ4v) is 0.825. The molecule has 0 saturated carbocycles. The van der Waals surface area contributed by atoms with E-state index in [4.69, 9.17) is 4.74 Å². The molecule has 0 aliphatic rings. The van der Waals surface area contributed by atoms with Crippen LogP contribution in [0.25, 0.3) is 0 Å². The van der Waals surface area contributed by atoms with Crippen LogP contribution in [0.4, 0.5) is 0 Å². The highest BCUT2D eigenvalue weighted by molar-refractivity contribution is 5.20. The van der Waals surface area contributed by atoms with Gasteiger partial charge in [0, 0.05) is 13.7 Å². The Balaban J connectivity index is 3.60. The van der Waals surface area contributed by atoms with Gasteiger partial charge in [-0.2, -0.15) is 0 Å². The lowest BCUT2D eigenvalue weighted by atomic mass is 10.1. The molecule has 0 atom stereocenters. The highest BCUT2D eigenvalue weighted by Crippen LogP contribution is 2.05. The van der Waals surface area contributed by atoms with Gasteiger partial charge >= 0.3 is 0 Å². The van der Waals surface area contributed by atoms with Crippen molar-refractivity contribution in [2.45, 2.75) is 12.8 Å². The Morgan fingerprint density at radius 2 is 2.18 bits per heavy atom. The molecule has 0 heterocycles. The van der Waals surface area contributed by atoms with E-state index in [1.165, 1.54) is 5.57 Å². The number of allylic oxidation sites excluding steroid dienone is 4. The molecule has 0 N–H and O–H groups in total. The zero-order valence-electron chi connectivity index (χ0n) is 7.18. The Kier molecular flexibility index (Phi) is 6.75. The average molecular weight is 152 g/mol. The second-order valence-electron chi connectivity index (χ2n) is 2.28. The predicted molar refractivity (Wildman–Crippen MR) is 49.6 cm³/mol. The van der Waals surface area contributed by atoms with E-state index in [1.54, 1.807) is 13.2 Å². The SMILES string of the molecule is C=CC=C(C=C)CCCOC. The zero-order valence-corrected chi connectivity index (χ0v) is 7.18. The average Bonchev–Trinajstić information content (AvgIpc) is 2.03. The lowest BCUT2D eigenvalue weighted by Crippen LogP contribution is -1.88. The summed E-state index contributed by atoms with van der Waals surface area (Å²) in [6.07, 6.45) is 7.68. The summed E-state index contributed by atoms with van der Waals surface area (Å²) in [7, 11) is 1.71. The first-order valence-electron chi connectivity index (χ1n) is 3.78. The molecule has 1 nitrogen and oxygen atoms in total. The van der Waals surface area contributed by atoms with Gasteiger partial charge in [-0.1, -0.05) is 31.4 Å². The monoisotopic (exact) mass is 152 g/mol. The van der Waals surface area contributed by atoms with E-state index in [2.05, 4.69) is 13.2 Å². The molecule has 0 aromatic carbocycles. The normalized spacial score (nSPS) is 11.2. The smallest absolute Gasteiger partial charge is 0.0465 e. The van der Waals surface area contributed by atoms with Crippen molar-refractivity contribution >= 4 is 0 Å². The second-order valence-corrected chi connectivity index (χ2v) is 2.28. The lowest BCUT2D eigenvalue weighted by Gasteiger charge is -1.99. The van der Waals surface area contributed by atoms with Crippen molar-refractivity contribution in [3.8, 4) is 0 Å². The van der Waals surface area contributed by atoms with E-state index >= 15 is 0 Å². The Labute approximate surface area is 69.1 Å². The number of ether oxygens (including phenoxy) is 1. The minimum Gasteiger partial charge on any atom is -0.385 e. The summed E-state index contributed by atoms with van der Waals surface area (Å²) in [6.45, 7) is 8.13. The number of hydrogen-bond donors (Lipinski definition) is 0. The summed E-state index contributed by atoms with van der Waals surface area (Å²) < 4.78 is 4.93. The highest BCUT2D eigenvalue weighted by atomic mass is 16.5. The molecule has 0 rings (SSSR count). The molecule has 11 heavy (non-hydrogen) atoms. The first-order chi connectivity index (χ1) is 5.35. The highest BCUT2D eigenvalue weighted by Gasteiger charge is 1.89. The van der Waals surface area contributed by atoms with Crippen LogP contribution in [-0.2, 0) is 4.74 Å². The minimum atomic E-state index is 0.808. The quantitative estimate of drug-likeness (QED) is 0.420. The Morgan fingerprint density at radius 1 is 1.45 bits per heavy atom.